The number of carbonyl (C=O) groups excluding carboxylic acids is 1. The topological polar surface area (TPSA) is 37.7 Å². The number of morpholine rings is 1. The van der Waals surface area contributed by atoms with E-state index in [1.165, 1.54) is 5.69 Å². The molecule has 126 valence electrons. The van der Waals surface area contributed by atoms with Gasteiger partial charge in [-0.1, -0.05) is 6.08 Å². The van der Waals surface area contributed by atoms with Gasteiger partial charge in [0.25, 0.3) is 5.91 Å². The maximum absolute atomic E-state index is 13.0. The van der Waals surface area contributed by atoms with Gasteiger partial charge >= 0.3 is 0 Å². The average Bonchev–Trinajstić information content (AvgIpc) is 3.16. The molecule has 0 radical (unpaired) electrons. The van der Waals surface area contributed by atoms with Gasteiger partial charge in [-0.15, -0.1) is 6.58 Å². The SMILES string of the molecule is C=CCn1c(C)c(N2CCOCC2)c(C)c1C(=O)N1CCCC1. The van der Waals surface area contributed by atoms with E-state index in [0.29, 0.717) is 6.54 Å². The van der Waals surface area contributed by atoms with Crippen LogP contribution in [0.5, 0.6) is 0 Å². The van der Waals surface area contributed by atoms with Gasteiger partial charge in [0.2, 0.25) is 0 Å². The van der Waals surface area contributed by atoms with Gasteiger partial charge in [-0.3, -0.25) is 4.79 Å². The summed E-state index contributed by atoms with van der Waals surface area (Å²) in [5, 5.41) is 0. The maximum Gasteiger partial charge on any atom is 0.270 e. The third-order valence-electron chi connectivity index (χ3n) is 4.96. The van der Waals surface area contributed by atoms with Gasteiger partial charge in [0.1, 0.15) is 5.69 Å². The summed E-state index contributed by atoms with van der Waals surface area (Å²) in [5.41, 5.74) is 4.30. The zero-order chi connectivity index (χ0) is 16.4. The number of anilines is 1. The lowest BCUT2D eigenvalue weighted by molar-refractivity contribution is 0.0781. The van der Waals surface area contributed by atoms with Crippen molar-refractivity contribution < 1.29 is 9.53 Å². The Kier molecular flexibility index (Phi) is 4.76. The van der Waals surface area contributed by atoms with E-state index in [1.54, 1.807) is 0 Å². The predicted molar refractivity (Wildman–Crippen MR) is 92.3 cm³/mol. The van der Waals surface area contributed by atoms with Gasteiger partial charge in [0, 0.05) is 44.0 Å². The highest BCUT2D eigenvalue weighted by Crippen LogP contribution is 2.32. The Labute approximate surface area is 138 Å². The van der Waals surface area contributed by atoms with Gasteiger partial charge in [0.15, 0.2) is 0 Å². The molecule has 2 aliphatic rings. The molecule has 0 spiro atoms. The van der Waals surface area contributed by atoms with Crippen LogP contribution in [0.1, 0.15) is 34.6 Å². The van der Waals surface area contributed by atoms with E-state index in [4.69, 9.17) is 4.74 Å². The number of likely N-dealkylation sites (tertiary alicyclic amines) is 1. The molecule has 0 bridgehead atoms. The summed E-state index contributed by atoms with van der Waals surface area (Å²) in [4.78, 5) is 17.4. The van der Waals surface area contributed by atoms with Crippen LogP contribution in [0.25, 0.3) is 0 Å². The van der Waals surface area contributed by atoms with Crippen molar-refractivity contribution in [1.82, 2.24) is 9.47 Å². The van der Waals surface area contributed by atoms with E-state index < -0.39 is 0 Å². The second-order valence-electron chi connectivity index (χ2n) is 6.41. The van der Waals surface area contributed by atoms with E-state index >= 15 is 0 Å². The van der Waals surface area contributed by atoms with Crippen LogP contribution in [0.3, 0.4) is 0 Å². The molecule has 1 aromatic rings. The highest BCUT2D eigenvalue weighted by Gasteiger charge is 2.29. The maximum atomic E-state index is 13.0. The zero-order valence-corrected chi connectivity index (χ0v) is 14.3. The van der Waals surface area contributed by atoms with E-state index in [-0.39, 0.29) is 5.91 Å². The summed E-state index contributed by atoms with van der Waals surface area (Å²) < 4.78 is 7.61. The van der Waals surface area contributed by atoms with Crippen molar-refractivity contribution >= 4 is 11.6 Å². The standard InChI is InChI=1S/C18H27N3O2/c1-4-7-21-15(3)16(19-10-12-23-13-11-19)14(2)17(21)18(22)20-8-5-6-9-20/h4H,1,5-13H2,2-3H3. The Hall–Kier alpha value is -1.75. The molecule has 0 unspecified atom stereocenters. The molecule has 1 amide bonds. The summed E-state index contributed by atoms with van der Waals surface area (Å²) in [7, 11) is 0. The summed E-state index contributed by atoms with van der Waals surface area (Å²) in [6.07, 6.45) is 4.10. The predicted octanol–water partition coefficient (Wildman–Crippen LogP) is 2.36. The van der Waals surface area contributed by atoms with Crippen molar-refractivity contribution in [3.63, 3.8) is 0 Å². The van der Waals surface area contributed by atoms with Gasteiger partial charge in [-0.25, -0.2) is 0 Å². The first-order valence-corrected chi connectivity index (χ1v) is 8.57. The largest absolute Gasteiger partial charge is 0.378 e. The third kappa shape index (κ3) is 2.90. The molecule has 2 aliphatic heterocycles. The Morgan fingerprint density at radius 3 is 2.43 bits per heavy atom. The van der Waals surface area contributed by atoms with Crippen molar-refractivity contribution in [2.24, 2.45) is 0 Å². The van der Waals surface area contributed by atoms with Crippen LogP contribution in [-0.2, 0) is 11.3 Å². The van der Waals surface area contributed by atoms with E-state index in [0.717, 1.165) is 69.2 Å². The van der Waals surface area contributed by atoms with Gasteiger partial charge in [-0.05, 0) is 26.7 Å². The highest BCUT2D eigenvalue weighted by atomic mass is 16.5. The fourth-order valence-electron chi connectivity index (χ4n) is 3.84. The van der Waals surface area contributed by atoms with Crippen LogP contribution >= 0.6 is 0 Å². The lowest BCUT2D eigenvalue weighted by atomic mass is 10.1. The van der Waals surface area contributed by atoms with Crippen molar-refractivity contribution in [2.45, 2.75) is 33.2 Å². The molecule has 0 atom stereocenters. The number of ether oxygens (including phenoxy) is 1. The molecule has 0 aliphatic carbocycles. The summed E-state index contributed by atoms with van der Waals surface area (Å²) in [5.74, 6) is 0.171. The molecular formula is C18H27N3O2. The van der Waals surface area contributed by atoms with E-state index in [2.05, 4.69) is 29.9 Å². The summed E-state index contributed by atoms with van der Waals surface area (Å²) in [6.45, 7) is 13.8. The van der Waals surface area contributed by atoms with Gasteiger partial charge in [0.05, 0.1) is 18.9 Å². The number of rotatable bonds is 4. The smallest absolute Gasteiger partial charge is 0.270 e. The van der Waals surface area contributed by atoms with Crippen molar-refractivity contribution in [3.8, 4) is 0 Å². The Morgan fingerprint density at radius 2 is 1.83 bits per heavy atom. The minimum Gasteiger partial charge on any atom is -0.378 e. The second-order valence-corrected chi connectivity index (χ2v) is 6.41. The highest BCUT2D eigenvalue weighted by molar-refractivity contribution is 5.96. The van der Waals surface area contributed by atoms with Gasteiger partial charge < -0.3 is 19.1 Å². The number of hydrogen-bond donors (Lipinski definition) is 0. The molecule has 23 heavy (non-hydrogen) atoms. The Morgan fingerprint density at radius 1 is 1.17 bits per heavy atom. The molecule has 2 fully saturated rings. The Balaban J connectivity index is 2.02. The molecule has 0 aromatic carbocycles. The lowest BCUT2D eigenvalue weighted by Gasteiger charge is -2.29. The van der Waals surface area contributed by atoms with Crippen molar-refractivity contribution in [1.29, 1.82) is 0 Å². The molecule has 0 saturated carbocycles. The first-order chi connectivity index (χ1) is 11.1. The van der Waals surface area contributed by atoms with E-state index in [9.17, 15) is 4.79 Å². The monoisotopic (exact) mass is 317 g/mol. The molecule has 0 N–H and O–H groups in total. The molecule has 1 aromatic heterocycles. The second kappa shape index (κ2) is 6.79. The van der Waals surface area contributed by atoms with Crippen LogP contribution in [-0.4, -0.2) is 54.8 Å². The summed E-state index contributed by atoms with van der Waals surface area (Å²) in [6, 6.07) is 0. The fraction of sp³-hybridized carbons (Fsp3) is 0.611. The number of carbonyl (C=O) groups is 1. The number of aromatic nitrogens is 1. The van der Waals surface area contributed by atoms with Crippen LogP contribution in [0.4, 0.5) is 5.69 Å². The third-order valence-corrected chi connectivity index (χ3v) is 4.96. The normalized spacial score (nSPS) is 18.5. The first-order valence-electron chi connectivity index (χ1n) is 8.57. The van der Waals surface area contributed by atoms with Crippen LogP contribution in [0.2, 0.25) is 0 Å². The zero-order valence-electron chi connectivity index (χ0n) is 14.3. The number of amides is 1. The van der Waals surface area contributed by atoms with Crippen LogP contribution in [0, 0.1) is 13.8 Å². The molecule has 5 heteroatoms. The minimum atomic E-state index is 0.171. The molecule has 3 heterocycles. The lowest BCUT2D eigenvalue weighted by Crippen LogP contribution is -2.36. The Bertz CT molecular complexity index is 594. The fourth-order valence-corrected chi connectivity index (χ4v) is 3.84. The minimum absolute atomic E-state index is 0.171. The number of hydrogen-bond acceptors (Lipinski definition) is 3. The van der Waals surface area contributed by atoms with Crippen LogP contribution < -0.4 is 4.90 Å². The molecular weight excluding hydrogens is 290 g/mol. The number of allylic oxidation sites excluding steroid dienone is 1. The molecule has 3 rings (SSSR count). The average molecular weight is 317 g/mol. The van der Waals surface area contributed by atoms with E-state index in [1.807, 2.05) is 11.0 Å². The molecule has 2 saturated heterocycles. The molecule has 5 nitrogen and oxygen atoms in total. The number of nitrogens with zero attached hydrogens (tertiary/aromatic N) is 3. The van der Waals surface area contributed by atoms with Crippen molar-refractivity contribution in [2.75, 3.05) is 44.3 Å². The quantitative estimate of drug-likeness (QED) is 0.800. The van der Waals surface area contributed by atoms with Crippen LogP contribution in [0.15, 0.2) is 12.7 Å². The summed E-state index contributed by atoms with van der Waals surface area (Å²) >= 11 is 0. The first kappa shape index (κ1) is 16.1. The van der Waals surface area contributed by atoms with Crippen molar-refractivity contribution in [3.05, 3.63) is 29.6 Å². The van der Waals surface area contributed by atoms with Gasteiger partial charge in [-0.2, -0.15) is 0 Å².